The Hall–Kier alpha value is 0.137. The Morgan fingerprint density at radius 3 is 1.61 bits per heavy atom. The van der Waals surface area contributed by atoms with Crippen LogP contribution in [-0.2, 0) is 9.16 Å². The highest BCUT2D eigenvalue weighted by Crippen LogP contribution is 2.37. The van der Waals surface area contributed by atoms with Gasteiger partial charge in [-0.05, 0) is 49.2 Å². The van der Waals surface area contributed by atoms with Gasteiger partial charge in [0.05, 0.1) is 6.61 Å². The zero-order chi connectivity index (χ0) is 17.9. The fourth-order valence-corrected chi connectivity index (χ4v) is 6.61. The van der Waals surface area contributed by atoms with Gasteiger partial charge in [-0.15, -0.1) is 0 Å². The molecule has 0 aromatic carbocycles. The second-order valence-electron chi connectivity index (χ2n) is 8.28. The molecule has 0 amide bonds. The first kappa shape index (κ1) is 23.1. The van der Waals surface area contributed by atoms with Crippen LogP contribution < -0.4 is 0 Å². The second kappa shape index (κ2) is 11.6. The van der Waals surface area contributed by atoms with Gasteiger partial charge in [0.1, 0.15) is 0 Å². The van der Waals surface area contributed by atoms with E-state index in [1.807, 2.05) is 0 Å². The molecule has 0 fully saturated rings. The summed E-state index contributed by atoms with van der Waals surface area (Å²) in [6, 6.07) is 3.69. The van der Waals surface area contributed by atoms with Crippen LogP contribution in [0.1, 0.15) is 74.7 Å². The van der Waals surface area contributed by atoms with E-state index >= 15 is 0 Å². The smallest absolute Gasteiger partial charge is 0.192 e. The zero-order valence-corrected chi connectivity index (χ0v) is 18.3. The van der Waals surface area contributed by atoms with Gasteiger partial charge in [-0.3, -0.25) is 0 Å². The van der Waals surface area contributed by atoms with Gasteiger partial charge in [-0.25, -0.2) is 0 Å². The summed E-state index contributed by atoms with van der Waals surface area (Å²) in [6.07, 6.45) is 3.50. The Morgan fingerprint density at radius 2 is 1.26 bits per heavy atom. The lowest BCUT2D eigenvalue weighted by Crippen LogP contribution is -2.43. The highest BCUT2D eigenvalue weighted by molar-refractivity contribution is 6.73. The van der Waals surface area contributed by atoms with Crippen LogP contribution in [0.3, 0.4) is 0 Å². The molecule has 23 heavy (non-hydrogen) atoms. The quantitative estimate of drug-likeness (QED) is 0.264. The predicted molar refractivity (Wildman–Crippen MR) is 106 cm³/mol. The van der Waals surface area contributed by atoms with Crippen LogP contribution in [0.25, 0.3) is 0 Å². The zero-order valence-electron chi connectivity index (χ0n) is 17.3. The Balaban J connectivity index is 5.17. The summed E-state index contributed by atoms with van der Waals surface area (Å²) in [4.78, 5) is 0. The standard InChI is InChI=1S/C20H44O2Si/c1-9-13-21-16-20(14-18(5)6,15-19(7)8)17-22-23(10-2,11-3)12-4/h18-19H,9-17H2,1-8H3. The molecule has 0 aliphatic heterocycles. The van der Waals surface area contributed by atoms with Gasteiger partial charge in [0.2, 0.25) is 0 Å². The molecular weight excluding hydrogens is 300 g/mol. The molecule has 0 spiro atoms. The fourth-order valence-electron chi connectivity index (χ4n) is 3.89. The largest absolute Gasteiger partial charge is 0.416 e. The van der Waals surface area contributed by atoms with Crippen molar-refractivity contribution in [3.05, 3.63) is 0 Å². The molecule has 3 heteroatoms. The molecule has 0 aromatic rings. The second-order valence-corrected chi connectivity index (χ2v) is 13.1. The van der Waals surface area contributed by atoms with E-state index in [4.69, 9.17) is 9.16 Å². The number of rotatable bonds is 14. The summed E-state index contributed by atoms with van der Waals surface area (Å²) in [6.45, 7) is 21.1. The van der Waals surface area contributed by atoms with Crippen molar-refractivity contribution >= 4 is 8.32 Å². The lowest BCUT2D eigenvalue weighted by molar-refractivity contribution is -0.0147. The van der Waals surface area contributed by atoms with Gasteiger partial charge < -0.3 is 9.16 Å². The maximum atomic E-state index is 6.73. The first-order valence-electron chi connectivity index (χ1n) is 10.00. The first-order valence-corrected chi connectivity index (χ1v) is 12.5. The third-order valence-corrected chi connectivity index (χ3v) is 9.68. The maximum absolute atomic E-state index is 6.73. The van der Waals surface area contributed by atoms with Crippen LogP contribution in [0.15, 0.2) is 0 Å². The van der Waals surface area contributed by atoms with Gasteiger partial charge in [0.15, 0.2) is 8.32 Å². The average Bonchev–Trinajstić information content (AvgIpc) is 2.48. The Morgan fingerprint density at radius 1 is 0.783 bits per heavy atom. The molecule has 0 aromatic heterocycles. The van der Waals surface area contributed by atoms with Gasteiger partial charge in [-0.2, -0.15) is 0 Å². The minimum atomic E-state index is -1.53. The third-order valence-electron chi connectivity index (χ3n) is 5.06. The van der Waals surface area contributed by atoms with Crippen molar-refractivity contribution in [3.8, 4) is 0 Å². The molecule has 0 rings (SSSR count). The lowest BCUT2D eigenvalue weighted by Gasteiger charge is -2.40. The van der Waals surface area contributed by atoms with Crippen molar-refractivity contribution in [2.75, 3.05) is 19.8 Å². The normalized spacial score (nSPS) is 13.3. The van der Waals surface area contributed by atoms with Crippen molar-refractivity contribution in [1.29, 1.82) is 0 Å². The highest BCUT2D eigenvalue weighted by atomic mass is 28.4. The van der Waals surface area contributed by atoms with Crippen molar-refractivity contribution in [2.45, 2.75) is 92.8 Å². The van der Waals surface area contributed by atoms with Crippen molar-refractivity contribution < 1.29 is 9.16 Å². The highest BCUT2D eigenvalue weighted by Gasteiger charge is 2.37. The van der Waals surface area contributed by atoms with E-state index in [9.17, 15) is 0 Å². The molecule has 0 aliphatic carbocycles. The number of hydrogen-bond acceptors (Lipinski definition) is 2. The molecular formula is C20H44O2Si. The Bertz CT molecular complexity index is 267. The van der Waals surface area contributed by atoms with Gasteiger partial charge in [0.25, 0.3) is 0 Å². The molecule has 0 atom stereocenters. The van der Waals surface area contributed by atoms with Crippen LogP contribution in [-0.4, -0.2) is 28.1 Å². The van der Waals surface area contributed by atoms with E-state index in [-0.39, 0.29) is 5.41 Å². The van der Waals surface area contributed by atoms with Gasteiger partial charge in [-0.1, -0.05) is 55.4 Å². The van der Waals surface area contributed by atoms with E-state index in [1.165, 1.54) is 31.0 Å². The molecule has 0 N–H and O–H groups in total. The summed E-state index contributed by atoms with van der Waals surface area (Å²) >= 11 is 0. The van der Waals surface area contributed by atoms with Crippen LogP contribution in [0.4, 0.5) is 0 Å². The SMILES string of the molecule is CCCOCC(CO[Si](CC)(CC)CC)(CC(C)C)CC(C)C. The summed E-state index contributed by atoms with van der Waals surface area (Å²) in [7, 11) is -1.53. The summed E-state index contributed by atoms with van der Waals surface area (Å²) < 4.78 is 12.8. The molecule has 140 valence electrons. The van der Waals surface area contributed by atoms with Crippen LogP contribution in [0.2, 0.25) is 18.1 Å². The van der Waals surface area contributed by atoms with E-state index in [0.29, 0.717) is 11.8 Å². The molecule has 0 saturated heterocycles. The molecule has 0 heterocycles. The van der Waals surface area contributed by atoms with E-state index in [0.717, 1.165) is 26.2 Å². The first-order chi connectivity index (χ1) is 10.8. The van der Waals surface area contributed by atoms with E-state index in [1.54, 1.807) is 0 Å². The molecule has 0 saturated carbocycles. The minimum Gasteiger partial charge on any atom is -0.416 e. The molecule has 0 unspecified atom stereocenters. The molecule has 2 nitrogen and oxygen atoms in total. The monoisotopic (exact) mass is 344 g/mol. The fraction of sp³-hybridized carbons (Fsp3) is 1.00. The topological polar surface area (TPSA) is 18.5 Å². The number of ether oxygens (including phenoxy) is 1. The molecule has 0 bridgehead atoms. The van der Waals surface area contributed by atoms with Crippen LogP contribution in [0.5, 0.6) is 0 Å². The maximum Gasteiger partial charge on any atom is 0.192 e. The third kappa shape index (κ3) is 8.69. The van der Waals surface area contributed by atoms with E-state index in [2.05, 4.69) is 55.4 Å². The summed E-state index contributed by atoms with van der Waals surface area (Å²) in [5, 5.41) is 0. The van der Waals surface area contributed by atoms with Crippen molar-refractivity contribution in [3.63, 3.8) is 0 Å². The van der Waals surface area contributed by atoms with Gasteiger partial charge in [0, 0.05) is 18.6 Å². The average molecular weight is 345 g/mol. The summed E-state index contributed by atoms with van der Waals surface area (Å²) in [5.74, 6) is 1.37. The Kier molecular flexibility index (Phi) is 11.7. The summed E-state index contributed by atoms with van der Waals surface area (Å²) in [5.41, 5.74) is 0.190. The van der Waals surface area contributed by atoms with Gasteiger partial charge >= 0.3 is 0 Å². The van der Waals surface area contributed by atoms with Crippen LogP contribution >= 0.6 is 0 Å². The molecule has 0 aliphatic rings. The lowest BCUT2D eigenvalue weighted by atomic mass is 9.75. The Labute approximate surface area is 147 Å². The van der Waals surface area contributed by atoms with Crippen LogP contribution in [0, 0.1) is 17.3 Å². The van der Waals surface area contributed by atoms with Crippen molar-refractivity contribution in [2.24, 2.45) is 17.3 Å². The molecule has 0 radical (unpaired) electrons. The predicted octanol–water partition coefficient (Wildman–Crippen LogP) is 6.51. The minimum absolute atomic E-state index is 0.190. The van der Waals surface area contributed by atoms with E-state index < -0.39 is 8.32 Å². The number of hydrogen-bond donors (Lipinski definition) is 0. The van der Waals surface area contributed by atoms with Crippen molar-refractivity contribution in [1.82, 2.24) is 0 Å².